The van der Waals surface area contributed by atoms with E-state index in [0.717, 1.165) is 10.8 Å². The molecule has 0 aliphatic heterocycles. The Morgan fingerprint density at radius 2 is 1.77 bits per heavy atom. The number of carbonyl (C=O) groups is 1. The van der Waals surface area contributed by atoms with Crippen molar-refractivity contribution in [3.8, 4) is 5.69 Å². The molecule has 1 aliphatic rings. The van der Waals surface area contributed by atoms with E-state index in [4.69, 9.17) is 5.73 Å². The molecule has 2 aromatic carbocycles. The lowest BCUT2D eigenvalue weighted by Crippen LogP contribution is -2.22. The zero-order valence-corrected chi connectivity index (χ0v) is 15.3. The van der Waals surface area contributed by atoms with Crippen molar-refractivity contribution in [3.63, 3.8) is 0 Å². The summed E-state index contributed by atoms with van der Waals surface area (Å²) >= 11 is 0. The van der Waals surface area contributed by atoms with E-state index in [2.05, 4.69) is 0 Å². The highest BCUT2D eigenvalue weighted by atomic mass is 19.1. The molecule has 6 nitrogen and oxygen atoms in total. The van der Waals surface area contributed by atoms with Crippen LogP contribution in [0.2, 0.25) is 0 Å². The lowest BCUT2D eigenvalue weighted by molar-refractivity contribution is 0.0695. The second kappa shape index (κ2) is 6.12. The molecule has 5 rings (SSSR count). The molecular formula is C21H14F3N3O3. The Balaban J connectivity index is 1.90. The number of nitrogen functional groups attached to an aromatic ring is 1. The van der Waals surface area contributed by atoms with Crippen LogP contribution in [0.5, 0.6) is 0 Å². The van der Waals surface area contributed by atoms with Gasteiger partial charge in [0.25, 0.3) is 0 Å². The Morgan fingerprint density at radius 3 is 2.43 bits per heavy atom. The van der Waals surface area contributed by atoms with Gasteiger partial charge in [0.15, 0.2) is 11.6 Å². The molecule has 0 atom stereocenters. The quantitative estimate of drug-likeness (QED) is 0.497. The van der Waals surface area contributed by atoms with Gasteiger partial charge in [-0.2, -0.15) is 0 Å². The van der Waals surface area contributed by atoms with Crippen molar-refractivity contribution >= 4 is 33.3 Å². The summed E-state index contributed by atoms with van der Waals surface area (Å²) in [6, 6.07) is 3.72. The second-order valence-corrected chi connectivity index (χ2v) is 7.37. The molecule has 0 saturated heterocycles. The van der Waals surface area contributed by atoms with Crippen molar-refractivity contribution in [1.82, 2.24) is 9.13 Å². The Morgan fingerprint density at radius 1 is 1.07 bits per heavy atom. The number of rotatable bonds is 3. The van der Waals surface area contributed by atoms with Gasteiger partial charge in [0.1, 0.15) is 17.1 Å². The molecule has 3 N–H and O–H groups in total. The van der Waals surface area contributed by atoms with Crippen LogP contribution in [0.25, 0.3) is 27.4 Å². The molecule has 0 radical (unpaired) electrons. The maximum absolute atomic E-state index is 15.7. The van der Waals surface area contributed by atoms with Gasteiger partial charge in [-0.15, -0.1) is 0 Å². The van der Waals surface area contributed by atoms with Gasteiger partial charge in [-0.1, -0.05) is 0 Å². The minimum Gasteiger partial charge on any atom is -0.477 e. The first-order chi connectivity index (χ1) is 14.3. The molecule has 152 valence electrons. The van der Waals surface area contributed by atoms with Gasteiger partial charge in [0.05, 0.1) is 16.6 Å². The molecule has 30 heavy (non-hydrogen) atoms. The SMILES string of the molecule is Nc1c(F)c(-n2cc3ccc(F)cc3c2)c(F)c2c1c(=O)c(C(=O)O)cn2C1CC1. The Hall–Kier alpha value is -3.75. The number of aromatic carboxylic acids is 1. The number of nitrogens with two attached hydrogens (primary N) is 1. The zero-order valence-electron chi connectivity index (χ0n) is 15.3. The average Bonchev–Trinajstić information content (AvgIpc) is 3.45. The van der Waals surface area contributed by atoms with Gasteiger partial charge < -0.3 is 20.0 Å². The number of anilines is 1. The average molecular weight is 413 g/mol. The minimum absolute atomic E-state index is 0.212. The van der Waals surface area contributed by atoms with E-state index in [1.54, 1.807) is 0 Å². The molecule has 1 aliphatic carbocycles. The molecule has 2 heterocycles. The second-order valence-electron chi connectivity index (χ2n) is 7.37. The third kappa shape index (κ3) is 2.51. The summed E-state index contributed by atoms with van der Waals surface area (Å²) < 4.78 is 46.9. The molecule has 0 spiro atoms. The van der Waals surface area contributed by atoms with Crippen molar-refractivity contribution < 1.29 is 23.1 Å². The standard InChI is InChI=1S/C21H14F3N3O3/c22-11-2-1-9-6-26(7-10(9)5-11)19-15(23)17(25)14-18(16(19)24)27(12-3-4-12)8-13(20(14)28)21(29)30/h1-2,5-8,12H,3-4,25H2,(H,29,30). The third-order valence-electron chi connectivity index (χ3n) is 5.40. The number of carboxylic acid groups (broad SMARTS) is 1. The van der Waals surface area contributed by atoms with Crippen LogP contribution in [0, 0.1) is 17.5 Å². The summed E-state index contributed by atoms with van der Waals surface area (Å²) in [5.41, 5.74) is 2.84. The third-order valence-corrected chi connectivity index (χ3v) is 5.40. The van der Waals surface area contributed by atoms with Crippen LogP contribution in [-0.2, 0) is 0 Å². The Bertz CT molecular complexity index is 1450. The van der Waals surface area contributed by atoms with E-state index in [1.807, 2.05) is 0 Å². The fourth-order valence-corrected chi connectivity index (χ4v) is 3.81. The van der Waals surface area contributed by atoms with E-state index in [-0.39, 0.29) is 11.6 Å². The van der Waals surface area contributed by atoms with E-state index in [1.165, 1.54) is 35.2 Å². The van der Waals surface area contributed by atoms with Crippen LogP contribution in [-0.4, -0.2) is 20.2 Å². The predicted octanol–water partition coefficient (Wildman–Crippen LogP) is 3.98. The van der Waals surface area contributed by atoms with E-state index < -0.39 is 51.2 Å². The first-order valence-corrected chi connectivity index (χ1v) is 9.14. The fraction of sp³-hybridized carbons (Fsp3) is 0.143. The predicted molar refractivity (Wildman–Crippen MR) is 105 cm³/mol. The van der Waals surface area contributed by atoms with Gasteiger partial charge in [-0.3, -0.25) is 4.79 Å². The van der Waals surface area contributed by atoms with Crippen molar-refractivity contribution in [2.24, 2.45) is 0 Å². The summed E-state index contributed by atoms with van der Waals surface area (Å²) in [6.45, 7) is 0. The van der Waals surface area contributed by atoms with Crippen LogP contribution in [0.1, 0.15) is 29.2 Å². The molecule has 1 saturated carbocycles. The molecule has 0 bridgehead atoms. The highest BCUT2D eigenvalue weighted by molar-refractivity contribution is 5.99. The number of nitrogens with zero attached hydrogens (tertiary/aromatic N) is 2. The molecule has 0 unspecified atom stereocenters. The van der Waals surface area contributed by atoms with Crippen molar-refractivity contribution in [2.45, 2.75) is 18.9 Å². The maximum Gasteiger partial charge on any atom is 0.341 e. The molecule has 9 heteroatoms. The number of hydrogen-bond donors (Lipinski definition) is 2. The zero-order chi connectivity index (χ0) is 21.3. The van der Waals surface area contributed by atoms with Gasteiger partial charge in [0, 0.05) is 30.0 Å². The van der Waals surface area contributed by atoms with E-state index >= 15 is 8.78 Å². The summed E-state index contributed by atoms with van der Waals surface area (Å²) in [4.78, 5) is 24.1. The van der Waals surface area contributed by atoms with Crippen molar-refractivity contribution in [1.29, 1.82) is 0 Å². The van der Waals surface area contributed by atoms with Crippen LogP contribution < -0.4 is 11.2 Å². The number of pyridine rings is 1. The van der Waals surface area contributed by atoms with Gasteiger partial charge >= 0.3 is 5.97 Å². The van der Waals surface area contributed by atoms with Crippen molar-refractivity contribution in [2.75, 3.05) is 5.73 Å². The van der Waals surface area contributed by atoms with Crippen LogP contribution in [0.4, 0.5) is 18.9 Å². The monoisotopic (exact) mass is 413 g/mol. The fourth-order valence-electron chi connectivity index (χ4n) is 3.81. The number of benzene rings is 2. The highest BCUT2D eigenvalue weighted by Crippen LogP contribution is 2.40. The lowest BCUT2D eigenvalue weighted by Gasteiger charge is -2.17. The van der Waals surface area contributed by atoms with Crippen LogP contribution in [0.15, 0.2) is 41.6 Å². The summed E-state index contributed by atoms with van der Waals surface area (Å²) in [5.74, 6) is -4.23. The lowest BCUT2D eigenvalue weighted by atomic mass is 10.1. The Labute approximate surface area is 166 Å². The molecule has 2 aromatic heterocycles. The molecule has 4 aromatic rings. The Kier molecular flexibility index (Phi) is 3.73. The van der Waals surface area contributed by atoms with E-state index in [9.17, 15) is 19.1 Å². The smallest absolute Gasteiger partial charge is 0.341 e. The number of halogens is 3. The normalized spacial score (nSPS) is 14.0. The first kappa shape index (κ1) is 18.3. The topological polar surface area (TPSA) is 90.2 Å². The number of fused-ring (bicyclic) bond motifs is 2. The summed E-state index contributed by atoms with van der Waals surface area (Å²) in [5, 5.41) is 9.82. The number of carboxylic acids is 1. The molecular weight excluding hydrogens is 399 g/mol. The highest BCUT2D eigenvalue weighted by Gasteiger charge is 2.32. The molecule has 0 amide bonds. The van der Waals surface area contributed by atoms with Crippen LogP contribution in [0.3, 0.4) is 0 Å². The largest absolute Gasteiger partial charge is 0.477 e. The minimum atomic E-state index is -1.50. The number of hydrogen-bond acceptors (Lipinski definition) is 3. The van der Waals surface area contributed by atoms with Gasteiger partial charge in [-0.25, -0.2) is 18.0 Å². The number of aromatic nitrogens is 2. The first-order valence-electron chi connectivity index (χ1n) is 9.14. The summed E-state index contributed by atoms with van der Waals surface area (Å²) in [6.07, 6.45) is 5.19. The maximum atomic E-state index is 15.7. The van der Waals surface area contributed by atoms with Crippen molar-refractivity contribution in [3.05, 3.63) is 70.0 Å². The summed E-state index contributed by atoms with van der Waals surface area (Å²) in [7, 11) is 0. The van der Waals surface area contributed by atoms with Gasteiger partial charge in [0.2, 0.25) is 5.43 Å². The van der Waals surface area contributed by atoms with Gasteiger partial charge in [-0.05, 0) is 36.4 Å². The van der Waals surface area contributed by atoms with Crippen LogP contribution >= 0.6 is 0 Å². The van der Waals surface area contributed by atoms with E-state index in [0.29, 0.717) is 23.6 Å². The molecule has 1 fully saturated rings.